The predicted octanol–water partition coefficient (Wildman–Crippen LogP) is -3.07. The van der Waals surface area contributed by atoms with Crippen molar-refractivity contribution in [2.45, 2.75) is 24.4 Å². The second-order valence-corrected chi connectivity index (χ2v) is 4.11. The summed E-state index contributed by atoms with van der Waals surface area (Å²) in [5, 5.41) is 27.0. The fourth-order valence-corrected chi connectivity index (χ4v) is 2.09. The molecule has 0 spiro atoms. The van der Waals surface area contributed by atoms with Crippen molar-refractivity contribution in [1.82, 2.24) is 0 Å². The van der Waals surface area contributed by atoms with Gasteiger partial charge in [-0.15, -0.1) is 0 Å². The van der Waals surface area contributed by atoms with Gasteiger partial charge in [-0.25, -0.2) is 8.37 Å². The topological polar surface area (TPSA) is 130 Å². The lowest BCUT2D eigenvalue weighted by atomic mass is 10.0. The van der Waals surface area contributed by atoms with E-state index in [9.17, 15) is 18.3 Å². The molecule has 0 aliphatic carbocycles. The fraction of sp³-hybridized carbons (Fsp3) is 0.833. The van der Waals surface area contributed by atoms with Crippen molar-refractivity contribution < 1.29 is 36.9 Å². The molecule has 1 saturated heterocycles. The van der Waals surface area contributed by atoms with E-state index in [0.29, 0.717) is 0 Å². The quantitative estimate of drug-likeness (QED) is 0.444. The van der Waals surface area contributed by atoms with E-state index < -0.39 is 41.4 Å². The van der Waals surface area contributed by atoms with Gasteiger partial charge >= 0.3 is 10.4 Å². The van der Waals surface area contributed by atoms with E-state index in [1.165, 1.54) is 0 Å². The van der Waals surface area contributed by atoms with E-state index in [1.54, 1.807) is 0 Å². The lowest BCUT2D eigenvalue weighted by Gasteiger charge is -2.32. The summed E-state index contributed by atoms with van der Waals surface area (Å²) in [6, 6.07) is 0. The van der Waals surface area contributed by atoms with Crippen LogP contribution in [0.15, 0.2) is 0 Å². The molecule has 1 rings (SSSR count). The van der Waals surface area contributed by atoms with E-state index in [-0.39, 0.29) is 6.29 Å². The number of aliphatic hydroxyl groups excluding tert-OH is 3. The average Bonchev–Trinajstić information content (AvgIpc) is 2.19. The Kier molecular flexibility index (Phi) is 3.76. The fourth-order valence-electron chi connectivity index (χ4n) is 1.09. The van der Waals surface area contributed by atoms with Crippen molar-refractivity contribution in [2.24, 2.45) is 0 Å². The summed E-state index contributed by atoms with van der Waals surface area (Å²) in [7, 11) is -4.44. The molecule has 3 N–H and O–H groups in total. The molecule has 9 heteroatoms. The van der Waals surface area contributed by atoms with Crippen LogP contribution in [-0.4, -0.2) is 61.0 Å². The Balaban J connectivity index is 2.91. The number of rotatable bonds is 3. The maximum absolute atomic E-state index is 10.9. The zero-order valence-electron chi connectivity index (χ0n) is 7.38. The van der Waals surface area contributed by atoms with Crippen LogP contribution in [0, 0.1) is 0 Å². The van der Waals surface area contributed by atoms with Crippen molar-refractivity contribution >= 4 is 16.7 Å². The van der Waals surface area contributed by atoms with Gasteiger partial charge in [0.1, 0.15) is 18.3 Å². The number of aldehydes is 1. The first-order valence-corrected chi connectivity index (χ1v) is 5.28. The standard InChI is InChI=1S/C6H10O8S/c7-1-3(9)6-5(10)4(2-8)13-15(11,12)14-6/h2-7,9-10H,1H2/t3-,4+,5-,6+/m1/s1. The number of carbonyl (C=O) groups is 1. The van der Waals surface area contributed by atoms with Crippen LogP contribution in [0.25, 0.3) is 0 Å². The number of hydrogen-bond donors (Lipinski definition) is 3. The minimum Gasteiger partial charge on any atom is -0.394 e. The largest absolute Gasteiger partial charge is 0.401 e. The lowest BCUT2D eigenvalue weighted by Crippen LogP contribution is -2.54. The highest BCUT2D eigenvalue weighted by atomic mass is 32.3. The summed E-state index contributed by atoms with van der Waals surface area (Å²) in [5.41, 5.74) is 0. The molecular formula is C6H10O8S. The van der Waals surface area contributed by atoms with Gasteiger partial charge in [0.15, 0.2) is 12.4 Å². The van der Waals surface area contributed by atoms with Crippen molar-refractivity contribution in [1.29, 1.82) is 0 Å². The maximum Gasteiger partial charge on any atom is 0.401 e. The van der Waals surface area contributed by atoms with Crippen LogP contribution >= 0.6 is 0 Å². The van der Waals surface area contributed by atoms with Crippen LogP contribution in [0.2, 0.25) is 0 Å². The van der Waals surface area contributed by atoms with E-state index in [0.717, 1.165) is 0 Å². The van der Waals surface area contributed by atoms with Gasteiger partial charge in [0, 0.05) is 0 Å². The van der Waals surface area contributed by atoms with E-state index in [4.69, 9.17) is 10.2 Å². The van der Waals surface area contributed by atoms with Crippen LogP contribution < -0.4 is 0 Å². The van der Waals surface area contributed by atoms with Gasteiger partial charge in [-0.2, -0.15) is 8.42 Å². The maximum atomic E-state index is 10.9. The molecule has 0 aromatic rings. The minimum absolute atomic E-state index is 0.0713. The van der Waals surface area contributed by atoms with Crippen LogP contribution in [-0.2, 0) is 23.6 Å². The molecule has 1 aliphatic heterocycles. The third kappa shape index (κ3) is 2.71. The molecule has 15 heavy (non-hydrogen) atoms. The van der Waals surface area contributed by atoms with Gasteiger partial charge in [-0.3, -0.25) is 0 Å². The van der Waals surface area contributed by atoms with Crippen molar-refractivity contribution in [3.8, 4) is 0 Å². The average molecular weight is 242 g/mol. The third-order valence-electron chi connectivity index (χ3n) is 1.83. The molecule has 1 heterocycles. The van der Waals surface area contributed by atoms with Crippen LogP contribution in [0.5, 0.6) is 0 Å². The molecule has 8 nitrogen and oxygen atoms in total. The zero-order chi connectivity index (χ0) is 11.6. The summed E-state index contributed by atoms with van der Waals surface area (Å²) in [6.07, 6.45) is -6.48. The molecule has 1 aliphatic rings. The second-order valence-electron chi connectivity index (χ2n) is 2.91. The Morgan fingerprint density at radius 1 is 1.40 bits per heavy atom. The first-order valence-electron chi connectivity index (χ1n) is 3.95. The highest BCUT2D eigenvalue weighted by Gasteiger charge is 2.44. The summed E-state index contributed by atoms with van der Waals surface area (Å²) in [4.78, 5) is 10.4. The van der Waals surface area contributed by atoms with Gasteiger partial charge in [0.2, 0.25) is 0 Å². The monoisotopic (exact) mass is 242 g/mol. The van der Waals surface area contributed by atoms with E-state index >= 15 is 0 Å². The molecule has 0 aromatic heterocycles. The minimum atomic E-state index is -4.44. The number of carbonyl (C=O) groups excluding carboxylic acids is 1. The predicted molar refractivity (Wildman–Crippen MR) is 43.8 cm³/mol. The molecule has 0 bridgehead atoms. The molecule has 4 atom stereocenters. The third-order valence-corrected chi connectivity index (χ3v) is 2.75. The summed E-state index contributed by atoms with van der Waals surface area (Å²) < 4.78 is 30.1. The molecule has 0 aromatic carbocycles. The Morgan fingerprint density at radius 3 is 2.47 bits per heavy atom. The van der Waals surface area contributed by atoms with Gasteiger partial charge in [0.05, 0.1) is 6.61 Å². The Morgan fingerprint density at radius 2 is 2.00 bits per heavy atom. The van der Waals surface area contributed by atoms with Crippen LogP contribution in [0.1, 0.15) is 0 Å². The first kappa shape index (κ1) is 12.5. The Labute approximate surface area is 85.4 Å². The highest BCUT2D eigenvalue weighted by molar-refractivity contribution is 7.82. The molecule has 88 valence electrons. The number of hydrogen-bond acceptors (Lipinski definition) is 8. The Bertz CT molecular complexity index is 324. The smallest absolute Gasteiger partial charge is 0.394 e. The lowest BCUT2D eigenvalue weighted by molar-refractivity contribution is -0.142. The SMILES string of the molecule is O=C[C@@H]1OS(=O)(=O)O[C@@H]([C@H](O)CO)[C@@H]1O. The molecule has 0 amide bonds. The van der Waals surface area contributed by atoms with Crippen molar-refractivity contribution in [3.05, 3.63) is 0 Å². The van der Waals surface area contributed by atoms with E-state index in [1.807, 2.05) is 0 Å². The molecule has 0 radical (unpaired) electrons. The second kappa shape index (κ2) is 4.51. The normalized spacial score (nSPS) is 37.1. The van der Waals surface area contributed by atoms with Gasteiger partial charge < -0.3 is 20.1 Å². The molecule has 0 unspecified atom stereocenters. The Hall–Kier alpha value is -0.580. The van der Waals surface area contributed by atoms with Crippen LogP contribution in [0.3, 0.4) is 0 Å². The van der Waals surface area contributed by atoms with Crippen LogP contribution in [0.4, 0.5) is 0 Å². The molecule has 0 saturated carbocycles. The van der Waals surface area contributed by atoms with Gasteiger partial charge in [-0.05, 0) is 0 Å². The van der Waals surface area contributed by atoms with Gasteiger partial charge in [0.25, 0.3) is 0 Å². The van der Waals surface area contributed by atoms with E-state index in [2.05, 4.69) is 8.37 Å². The summed E-state index contributed by atoms with van der Waals surface area (Å²) >= 11 is 0. The number of aliphatic hydroxyl groups is 3. The summed E-state index contributed by atoms with van der Waals surface area (Å²) in [6.45, 7) is -0.817. The summed E-state index contributed by atoms with van der Waals surface area (Å²) in [5.74, 6) is 0. The molecule has 1 fully saturated rings. The van der Waals surface area contributed by atoms with Crippen molar-refractivity contribution in [2.75, 3.05) is 6.61 Å². The highest BCUT2D eigenvalue weighted by Crippen LogP contribution is 2.21. The van der Waals surface area contributed by atoms with Crippen molar-refractivity contribution in [3.63, 3.8) is 0 Å². The molecular weight excluding hydrogens is 232 g/mol. The van der Waals surface area contributed by atoms with Gasteiger partial charge in [-0.1, -0.05) is 0 Å². The first-order chi connectivity index (χ1) is 6.91. The zero-order valence-corrected chi connectivity index (χ0v) is 8.20.